The molecule has 2 amide bonds. The molecule has 202 valence electrons. The van der Waals surface area contributed by atoms with E-state index in [-0.39, 0.29) is 18.4 Å². The van der Waals surface area contributed by atoms with E-state index in [1.807, 2.05) is 14.5 Å². The van der Waals surface area contributed by atoms with Crippen LogP contribution in [0.15, 0.2) is 18.2 Å². The molecule has 3 aliphatic heterocycles. The lowest BCUT2D eigenvalue weighted by Crippen LogP contribution is -2.51. The second kappa shape index (κ2) is 9.40. The molecule has 38 heavy (non-hydrogen) atoms. The van der Waals surface area contributed by atoms with Crippen LogP contribution in [0.5, 0.6) is 0 Å². The van der Waals surface area contributed by atoms with Gasteiger partial charge in [-0.05, 0) is 88.1 Å². The number of fused-ring (bicyclic) bond motifs is 3. The lowest BCUT2D eigenvalue weighted by Gasteiger charge is -2.42. The van der Waals surface area contributed by atoms with Crippen molar-refractivity contribution >= 4 is 17.5 Å². The monoisotopic (exact) mass is 516 g/mol. The maximum absolute atomic E-state index is 13.6. The van der Waals surface area contributed by atoms with Crippen molar-refractivity contribution in [2.45, 2.75) is 64.5 Å². The van der Waals surface area contributed by atoms with Gasteiger partial charge in [-0.2, -0.15) is 5.10 Å². The fourth-order valence-corrected chi connectivity index (χ4v) is 7.27. The predicted molar refractivity (Wildman–Crippen MR) is 147 cm³/mol. The van der Waals surface area contributed by atoms with Crippen LogP contribution in [0.3, 0.4) is 0 Å². The number of rotatable bonds is 5. The number of carbonyl (C=O) groups excluding carboxylic acids is 2. The highest BCUT2D eigenvalue weighted by atomic mass is 16.2. The summed E-state index contributed by atoms with van der Waals surface area (Å²) in [4.78, 5) is 36.0. The van der Waals surface area contributed by atoms with Crippen LogP contribution < -0.4 is 4.90 Å². The van der Waals surface area contributed by atoms with E-state index in [9.17, 15) is 9.59 Å². The number of piperidine rings is 1. The molecule has 0 unspecified atom stereocenters. The summed E-state index contributed by atoms with van der Waals surface area (Å²) in [5, 5.41) is 4.84. The van der Waals surface area contributed by atoms with E-state index in [0.717, 1.165) is 69.8 Å². The van der Waals surface area contributed by atoms with Crippen molar-refractivity contribution < 1.29 is 9.59 Å². The largest absolute Gasteiger partial charge is 0.368 e. The molecule has 8 nitrogen and oxygen atoms in total. The molecule has 8 heteroatoms. The topological polar surface area (TPSA) is 64.9 Å². The number of hydrogen-bond donors (Lipinski definition) is 0. The van der Waals surface area contributed by atoms with Crippen LogP contribution in [-0.4, -0.2) is 94.7 Å². The zero-order valence-corrected chi connectivity index (χ0v) is 22.9. The molecular weight excluding hydrogens is 476 g/mol. The minimum atomic E-state index is 0.0872. The molecule has 5 aliphatic rings. The first-order chi connectivity index (χ1) is 18.5. The Morgan fingerprint density at radius 2 is 1.71 bits per heavy atom. The van der Waals surface area contributed by atoms with Crippen molar-refractivity contribution in [3.63, 3.8) is 0 Å². The standard InChI is InChI=1S/C30H40N6O2/c1-20-5-3-6-25(21(20)2)33-13-15-34(16-14-33)27(37)19-36-26-18-22-17-24(22)28(26)29(31-36)30(38)35-11-7-23(8-12-35)32-9-4-10-32/h3,5-6,22-24H,4,7-19H2,1-2H3/t22-,24-/m1/s1. The Bertz CT molecular complexity index is 1250. The number of carbonyl (C=O) groups is 2. The Hall–Kier alpha value is -2.87. The van der Waals surface area contributed by atoms with Crippen molar-refractivity contribution in [2.24, 2.45) is 5.92 Å². The van der Waals surface area contributed by atoms with Gasteiger partial charge in [-0.1, -0.05) is 12.1 Å². The molecule has 0 bridgehead atoms. The van der Waals surface area contributed by atoms with Gasteiger partial charge < -0.3 is 19.6 Å². The minimum Gasteiger partial charge on any atom is -0.368 e. The van der Waals surface area contributed by atoms with Crippen molar-refractivity contribution in [1.82, 2.24) is 24.5 Å². The number of anilines is 1. The highest BCUT2D eigenvalue weighted by Crippen LogP contribution is 2.57. The minimum absolute atomic E-state index is 0.0872. The summed E-state index contributed by atoms with van der Waals surface area (Å²) < 4.78 is 1.89. The van der Waals surface area contributed by atoms with Gasteiger partial charge in [-0.3, -0.25) is 14.3 Å². The van der Waals surface area contributed by atoms with Crippen LogP contribution >= 0.6 is 0 Å². The highest BCUT2D eigenvalue weighted by Gasteiger charge is 2.50. The van der Waals surface area contributed by atoms with Crippen LogP contribution in [0.1, 0.15) is 64.5 Å². The quantitative estimate of drug-likeness (QED) is 0.612. The number of aryl methyl sites for hydroxylation is 1. The molecule has 4 heterocycles. The number of nitrogens with zero attached hydrogens (tertiary/aromatic N) is 6. The summed E-state index contributed by atoms with van der Waals surface area (Å²) in [5.41, 5.74) is 6.85. The fourth-order valence-electron chi connectivity index (χ4n) is 7.27. The van der Waals surface area contributed by atoms with Crippen LogP contribution in [0, 0.1) is 19.8 Å². The van der Waals surface area contributed by atoms with Crippen LogP contribution in [0.4, 0.5) is 5.69 Å². The second-order valence-electron chi connectivity index (χ2n) is 12.2. The van der Waals surface area contributed by atoms with Crippen molar-refractivity contribution in [3.05, 3.63) is 46.3 Å². The van der Waals surface area contributed by atoms with Crippen LogP contribution in [0.25, 0.3) is 0 Å². The lowest BCUT2D eigenvalue weighted by atomic mass is 9.99. The summed E-state index contributed by atoms with van der Waals surface area (Å²) in [6.07, 6.45) is 5.57. The van der Waals surface area contributed by atoms with E-state index in [1.165, 1.54) is 42.7 Å². The van der Waals surface area contributed by atoms with E-state index in [1.54, 1.807) is 0 Å². The Kier molecular flexibility index (Phi) is 5.98. The zero-order chi connectivity index (χ0) is 26.0. The average Bonchev–Trinajstić information content (AvgIpc) is 3.43. The number of hydrogen-bond acceptors (Lipinski definition) is 5. The number of likely N-dealkylation sites (tertiary alicyclic amines) is 2. The van der Waals surface area contributed by atoms with Crippen molar-refractivity contribution in [2.75, 3.05) is 57.3 Å². The van der Waals surface area contributed by atoms with Gasteiger partial charge in [-0.25, -0.2) is 0 Å². The van der Waals surface area contributed by atoms with Gasteiger partial charge in [0.15, 0.2) is 5.69 Å². The Balaban J connectivity index is 1.02. The third kappa shape index (κ3) is 4.12. The molecule has 1 saturated carbocycles. The Morgan fingerprint density at radius 1 is 0.947 bits per heavy atom. The molecular formula is C30H40N6O2. The van der Waals surface area contributed by atoms with Crippen molar-refractivity contribution in [1.29, 1.82) is 0 Å². The number of amides is 2. The van der Waals surface area contributed by atoms with Gasteiger partial charge >= 0.3 is 0 Å². The third-order valence-electron chi connectivity index (χ3n) is 10.0. The molecule has 0 spiro atoms. The normalized spacial score (nSPS) is 25.3. The van der Waals surface area contributed by atoms with Gasteiger partial charge in [0.1, 0.15) is 6.54 Å². The van der Waals surface area contributed by atoms with Gasteiger partial charge in [0.05, 0.1) is 0 Å². The first-order valence-corrected chi connectivity index (χ1v) is 14.7. The zero-order valence-electron chi connectivity index (χ0n) is 22.9. The maximum atomic E-state index is 13.6. The third-order valence-corrected chi connectivity index (χ3v) is 10.0. The summed E-state index contributed by atoms with van der Waals surface area (Å²) in [6, 6.07) is 7.09. The number of piperazine rings is 1. The molecule has 0 radical (unpaired) electrons. The van der Waals surface area contributed by atoms with Crippen LogP contribution in [-0.2, 0) is 17.8 Å². The van der Waals surface area contributed by atoms with Crippen molar-refractivity contribution in [3.8, 4) is 0 Å². The molecule has 2 aliphatic carbocycles. The molecule has 2 atom stereocenters. The van der Waals surface area contributed by atoms with Gasteiger partial charge in [0, 0.05) is 62.3 Å². The maximum Gasteiger partial charge on any atom is 0.274 e. The average molecular weight is 517 g/mol. The van der Waals surface area contributed by atoms with Crippen LogP contribution in [0.2, 0.25) is 0 Å². The lowest BCUT2D eigenvalue weighted by molar-refractivity contribution is -0.132. The Labute approximate surface area is 225 Å². The van der Waals surface area contributed by atoms with E-state index in [2.05, 4.69) is 41.8 Å². The number of aromatic nitrogens is 2. The first kappa shape index (κ1) is 24.2. The van der Waals surface area contributed by atoms with E-state index in [0.29, 0.717) is 23.6 Å². The number of benzene rings is 1. The van der Waals surface area contributed by atoms with Gasteiger partial charge in [0.2, 0.25) is 5.91 Å². The predicted octanol–water partition coefficient (Wildman–Crippen LogP) is 2.82. The molecule has 2 aromatic rings. The van der Waals surface area contributed by atoms with Gasteiger partial charge in [0.25, 0.3) is 5.91 Å². The molecule has 4 fully saturated rings. The summed E-state index contributed by atoms with van der Waals surface area (Å²) >= 11 is 0. The molecule has 0 N–H and O–H groups in total. The summed E-state index contributed by atoms with van der Waals surface area (Å²) in [5.74, 6) is 1.33. The SMILES string of the molecule is Cc1cccc(N2CCN(C(=O)Cn3nc(C(=O)N4CCC(N5CCC5)CC4)c4c3C[C@H]3C[C@@H]43)CC2)c1C. The second-order valence-corrected chi connectivity index (χ2v) is 12.2. The molecule has 3 saturated heterocycles. The summed E-state index contributed by atoms with van der Waals surface area (Å²) in [7, 11) is 0. The molecule has 7 rings (SSSR count). The van der Waals surface area contributed by atoms with E-state index in [4.69, 9.17) is 5.10 Å². The van der Waals surface area contributed by atoms with E-state index < -0.39 is 0 Å². The summed E-state index contributed by atoms with van der Waals surface area (Å²) in [6.45, 7) is 11.8. The fraction of sp³-hybridized carbons (Fsp3) is 0.633. The smallest absolute Gasteiger partial charge is 0.274 e. The first-order valence-electron chi connectivity index (χ1n) is 14.7. The highest BCUT2D eigenvalue weighted by molar-refractivity contribution is 5.95. The molecule has 1 aromatic carbocycles. The van der Waals surface area contributed by atoms with Gasteiger partial charge in [-0.15, -0.1) is 0 Å². The Morgan fingerprint density at radius 3 is 2.42 bits per heavy atom. The molecule has 1 aromatic heterocycles. The van der Waals surface area contributed by atoms with E-state index >= 15 is 0 Å².